The number of carbonyl (C=O) groups excluding carboxylic acids is 4. The maximum absolute atomic E-state index is 14.7. The molecule has 5 aromatic rings. The van der Waals surface area contributed by atoms with E-state index in [4.69, 9.17) is 4.74 Å². The first-order valence-corrected chi connectivity index (χ1v) is 17.2. The minimum absolute atomic E-state index is 0.0472. The smallest absolute Gasteiger partial charge is 0.407 e. The zero-order valence-electron chi connectivity index (χ0n) is 30.8. The van der Waals surface area contributed by atoms with Gasteiger partial charge < -0.3 is 24.3 Å². The molecule has 0 heterocycles. The van der Waals surface area contributed by atoms with Crippen LogP contribution in [0.1, 0.15) is 16.7 Å². The first kappa shape index (κ1) is 46.0. The molecule has 0 aromatic heterocycles. The predicted molar refractivity (Wildman–Crippen MR) is 185 cm³/mol. The first-order chi connectivity index (χ1) is 29.3. The lowest BCUT2D eigenvalue weighted by molar-refractivity contribution is -0.146. The molecule has 0 aliphatic rings. The molecule has 0 fully saturated rings. The zero-order valence-corrected chi connectivity index (χ0v) is 30.8. The fourth-order valence-corrected chi connectivity index (χ4v) is 5.32. The lowest BCUT2D eigenvalue weighted by atomic mass is 10.0. The zero-order chi connectivity index (χ0) is 45.4. The van der Waals surface area contributed by atoms with Crippen LogP contribution in [0.3, 0.4) is 0 Å². The second kappa shape index (κ2) is 20.0. The molecule has 22 heteroatoms. The van der Waals surface area contributed by atoms with Gasteiger partial charge in [0, 0.05) is 24.7 Å². The summed E-state index contributed by atoms with van der Waals surface area (Å²) in [6.07, 6.45) is -1.74. The number of ether oxygens (including phenoxy) is 4. The van der Waals surface area contributed by atoms with Crippen LogP contribution in [-0.2, 0) is 38.7 Å². The quantitative estimate of drug-likeness (QED) is 0.0486. The fourth-order valence-electron chi connectivity index (χ4n) is 5.32. The Labute approximate surface area is 340 Å². The molecule has 0 radical (unpaired) electrons. The van der Waals surface area contributed by atoms with Gasteiger partial charge in [0.15, 0.2) is 34.9 Å². The summed E-state index contributed by atoms with van der Waals surface area (Å²) in [5.41, 5.74) is 0.979. The van der Waals surface area contributed by atoms with Crippen molar-refractivity contribution in [3.05, 3.63) is 159 Å². The number of carbonyl (C=O) groups is 4. The number of rotatable bonds is 15. The molecule has 0 saturated heterocycles. The van der Waals surface area contributed by atoms with Crippen LogP contribution in [0.25, 0.3) is 0 Å². The van der Waals surface area contributed by atoms with Crippen LogP contribution in [-0.4, -0.2) is 48.0 Å². The molecule has 326 valence electrons. The van der Waals surface area contributed by atoms with Gasteiger partial charge >= 0.3 is 24.0 Å². The maximum Gasteiger partial charge on any atom is 0.407 e. The molecule has 0 aliphatic heterocycles. The van der Waals surface area contributed by atoms with Crippen molar-refractivity contribution in [1.29, 1.82) is 0 Å². The number of alkyl carbamates (subject to hydrolysis) is 1. The Morgan fingerprint density at radius 1 is 0.500 bits per heavy atom. The second-order valence-corrected chi connectivity index (χ2v) is 12.6. The molecule has 5 aromatic carbocycles. The van der Waals surface area contributed by atoms with E-state index in [0.29, 0.717) is 11.1 Å². The van der Waals surface area contributed by atoms with Gasteiger partial charge in [-0.25, -0.2) is 35.9 Å². The first-order valence-electron chi connectivity index (χ1n) is 17.2. The lowest BCUT2D eigenvalue weighted by Crippen LogP contribution is -2.50. The Morgan fingerprint density at radius 3 is 1.31 bits per heavy atom. The van der Waals surface area contributed by atoms with Crippen LogP contribution < -0.4 is 19.5 Å². The van der Waals surface area contributed by atoms with Crippen molar-refractivity contribution in [3.8, 4) is 17.2 Å². The summed E-state index contributed by atoms with van der Waals surface area (Å²) < 4.78 is 189. The molecule has 62 heavy (non-hydrogen) atoms. The molecule has 0 unspecified atom stereocenters. The number of nitrogens with zero attached hydrogens (tertiary/aromatic N) is 1. The third-order valence-corrected chi connectivity index (χ3v) is 8.33. The molecule has 1 atom stereocenters. The Balaban J connectivity index is 1.48. The van der Waals surface area contributed by atoms with Gasteiger partial charge in [0.05, 0.1) is 13.1 Å². The number of amides is 1. The van der Waals surface area contributed by atoms with Crippen molar-refractivity contribution in [2.24, 2.45) is 0 Å². The van der Waals surface area contributed by atoms with Gasteiger partial charge in [0.2, 0.25) is 52.2 Å². The highest BCUT2D eigenvalue weighted by molar-refractivity contribution is 5.83. The predicted octanol–water partition coefficient (Wildman–Crippen LogP) is 7.81. The second-order valence-electron chi connectivity index (χ2n) is 12.6. The van der Waals surface area contributed by atoms with Crippen molar-refractivity contribution in [1.82, 2.24) is 10.2 Å². The Bertz CT molecular complexity index is 2350. The van der Waals surface area contributed by atoms with Crippen LogP contribution in [0.15, 0.2) is 72.8 Å². The van der Waals surface area contributed by atoms with Gasteiger partial charge in [0.1, 0.15) is 12.6 Å². The standard InChI is InChI=1S/C40H24F12N2O8/c41-21-11-22(42)31(48)36(30(21)47)60-28(55)15-54(16-29(56)61-37-32(49)23(43)12-24(44)33(37)50)27(39(57)62-38-34(51)25(45)13-26(46)35(38)52)10-18-6-8-19(9-7-18)14-53-40(58)59-17-20-4-2-1-3-5-20/h1-9,11-13,27H,10,14-17H2,(H,53,58)/t27-/m0/s1. The molecule has 5 rings (SSSR count). The summed E-state index contributed by atoms with van der Waals surface area (Å²) >= 11 is 0. The van der Waals surface area contributed by atoms with Gasteiger partial charge in [-0.1, -0.05) is 54.6 Å². The number of hydrogen-bond acceptors (Lipinski definition) is 9. The average molecular weight is 889 g/mol. The fraction of sp³-hybridized carbons (Fsp3) is 0.150. The SMILES string of the molecule is O=C(CN(CC(=O)Oc1c(F)c(F)cc(F)c1F)[C@@H](Cc1ccc(CNC(=O)OCc2ccccc2)cc1)C(=O)Oc1c(F)c(F)cc(F)c1F)Oc1c(F)c(F)cc(F)c1F. The maximum atomic E-state index is 14.7. The monoisotopic (exact) mass is 888 g/mol. The van der Waals surface area contributed by atoms with Crippen molar-refractivity contribution in [3.63, 3.8) is 0 Å². The van der Waals surface area contributed by atoms with Gasteiger partial charge in [-0.15, -0.1) is 0 Å². The molecule has 0 saturated carbocycles. The van der Waals surface area contributed by atoms with Crippen molar-refractivity contribution in [2.75, 3.05) is 13.1 Å². The normalized spacial score (nSPS) is 11.6. The van der Waals surface area contributed by atoms with Crippen LogP contribution in [0, 0.1) is 69.8 Å². The molecule has 0 spiro atoms. The van der Waals surface area contributed by atoms with Gasteiger partial charge in [-0.3, -0.25) is 14.5 Å². The van der Waals surface area contributed by atoms with Crippen molar-refractivity contribution >= 4 is 24.0 Å². The van der Waals surface area contributed by atoms with Crippen LogP contribution in [0.4, 0.5) is 57.5 Å². The molecule has 0 bridgehead atoms. The van der Waals surface area contributed by atoms with Crippen LogP contribution in [0.2, 0.25) is 0 Å². The average Bonchev–Trinajstić information content (AvgIpc) is 3.24. The largest absolute Gasteiger partial charge is 0.445 e. The van der Waals surface area contributed by atoms with E-state index in [1.165, 1.54) is 24.3 Å². The highest BCUT2D eigenvalue weighted by Gasteiger charge is 2.36. The van der Waals surface area contributed by atoms with E-state index in [1.807, 2.05) is 0 Å². The van der Waals surface area contributed by atoms with E-state index in [2.05, 4.69) is 19.5 Å². The van der Waals surface area contributed by atoms with E-state index in [1.54, 1.807) is 30.3 Å². The number of hydrogen-bond donors (Lipinski definition) is 1. The van der Waals surface area contributed by atoms with E-state index in [0.717, 1.165) is 0 Å². The minimum Gasteiger partial charge on any atom is -0.445 e. The number of esters is 3. The Morgan fingerprint density at radius 2 is 0.887 bits per heavy atom. The number of nitrogens with one attached hydrogen (secondary N) is 1. The van der Waals surface area contributed by atoms with E-state index < -0.39 is 137 Å². The summed E-state index contributed by atoms with van der Waals surface area (Å²) in [5.74, 6) is -38.1. The summed E-state index contributed by atoms with van der Waals surface area (Å²) in [5, 5.41) is 2.45. The summed E-state index contributed by atoms with van der Waals surface area (Å²) in [7, 11) is 0. The molecular formula is C40H24F12N2O8. The summed E-state index contributed by atoms with van der Waals surface area (Å²) in [6.45, 7) is -3.61. The van der Waals surface area contributed by atoms with Crippen molar-refractivity contribution < 1.29 is 90.8 Å². The third-order valence-electron chi connectivity index (χ3n) is 8.33. The Kier molecular flexibility index (Phi) is 14.8. The number of benzene rings is 5. The van der Waals surface area contributed by atoms with E-state index in [9.17, 15) is 71.9 Å². The minimum atomic E-state index is -2.39. The topological polar surface area (TPSA) is 120 Å². The van der Waals surface area contributed by atoms with E-state index >= 15 is 0 Å². The highest BCUT2D eigenvalue weighted by Crippen LogP contribution is 2.30. The number of halogens is 12. The Hall–Kier alpha value is -7.10. The molecule has 1 amide bonds. The van der Waals surface area contributed by atoms with Gasteiger partial charge in [0.25, 0.3) is 0 Å². The summed E-state index contributed by atoms with van der Waals surface area (Å²) in [4.78, 5) is 52.3. The van der Waals surface area contributed by atoms with Crippen LogP contribution in [0.5, 0.6) is 17.2 Å². The highest BCUT2D eigenvalue weighted by atomic mass is 19.2. The molecule has 10 nitrogen and oxygen atoms in total. The lowest BCUT2D eigenvalue weighted by Gasteiger charge is -2.29. The molecule has 0 aliphatic carbocycles. The van der Waals surface area contributed by atoms with E-state index in [-0.39, 0.29) is 41.8 Å². The summed E-state index contributed by atoms with van der Waals surface area (Å²) in [6, 6.07) is 10.4. The van der Waals surface area contributed by atoms with Gasteiger partial charge in [-0.05, 0) is 23.1 Å². The van der Waals surface area contributed by atoms with Gasteiger partial charge in [-0.2, -0.15) is 26.3 Å². The van der Waals surface area contributed by atoms with Crippen molar-refractivity contribution in [2.45, 2.75) is 25.6 Å². The third kappa shape index (κ3) is 11.2. The molecular weight excluding hydrogens is 864 g/mol. The molecule has 1 N–H and O–H groups in total. The van der Waals surface area contributed by atoms with Crippen LogP contribution >= 0.6 is 0 Å².